The second-order valence-electron chi connectivity index (χ2n) is 6.38. The zero-order valence-corrected chi connectivity index (χ0v) is 15.5. The van der Waals surface area contributed by atoms with Gasteiger partial charge in [-0.2, -0.15) is 9.61 Å². The number of aromatic nitrogens is 3. The molecule has 132 valence electrons. The monoisotopic (exact) mass is 378 g/mol. The number of thiazole rings is 1. The zero-order valence-electron chi connectivity index (χ0n) is 14.0. The molecule has 0 radical (unpaired) electrons. The van der Waals surface area contributed by atoms with Crippen LogP contribution >= 0.6 is 22.9 Å². The van der Waals surface area contributed by atoms with Crippen LogP contribution in [0.3, 0.4) is 0 Å². The van der Waals surface area contributed by atoms with Crippen molar-refractivity contribution >= 4 is 27.9 Å². The summed E-state index contributed by atoms with van der Waals surface area (Å²) in [5, 5.41) is 15.5. The van der Waals surface area contributed by atoms with Gasteiger partial charge in [0.2, 0.25) is 10.8 Å². The van der Waals surface area contributed by atoms with Crippen LogP contribution < -0.4 is 0 Å². The number of fused-ring (bicyclic) bond motifs is 1. The van der Waals surface area contributed by atoms with Gasteiger partial charge in [0.1, 0.15) is 6.33 Å². The van der Waals surface area contributed by atoms with Crippen molar-refractivity contribution < 1.29 is 9.84 Å². The lowest BCUT2D eigenvalue weighted by Crippen LogP contribution is -2.47. The van der Waals surface area contributed by atoms with Crippen molar-refractivity contribution in [1.82, 2.24) is 19.5 Å². The fourth-order valence-electron chi connectivity index (χ4n) is 3.50. The molecule has 1 fully saturated rings. The number of nitrogens with zero attached hydrogens (tertiary/aromatic N) is 4. The molecule has 6 nitrogen and oxygen atoms in total. The number of halogens is 1. The molecule has 2 aromatic heterocycles. The van der Waals surface area contributed by atoms with Gasteiger partial charge in [0, 0.05) is 18.1 Å². The van der Waals surface area contributed by atoms with Gasteiger partial charge in [-0.25, -0.2) is 4.98 Å². The van der Waals surface area contributed by atoms with Crippen molar-refractivity contribution in [2.24, 2.45) is 0 Å². The maximum absolute atomic E-state index is 10.7. The smallest absolute Gasteiger partial charge is 0.230 e. The molecule has 1 aliphatic heterocycles. The Kier molecular flexibility index (Phi) is 4.41. The largest absolute Gasteiger partial charge is 0.492 e. The lowest BCUT2D eigenvalue weighted by molar-refractivity contribution is -0.0764. The first-order chi connectivity index (χ1) is 12.0. The predicted molar refractivity (Wildman–Crippen MR) is 97.4 cm³/mol. The lowest BCUT2D eigenvalue weighted by Gasteiger charge is -2.40. The summed E-state index contributed by atoms with van der Waals surface area (Å²) in [4.78, 5) is 7.98. The second-order valence-corrected chi connectivity index (χ2v) is 7.80. The summed E-state index contributed by atoms with van der Waals surface area (Å²) >= 11 is 7.95. The average Bonchev–Trinajstić information content (AvgIpc) is 3.13. The summed E-state index contributed by atoms with van der Waals surface area (Å²) in [5.41, 5.74) is 0.963. The molecular formula is C17H19ClN4O2S. The standard InChI is InChI=1S/C17H19ClN4O2S/c1-10-7-21(8-11(2)24-10)14(12-5-3-4-6-13(12)18)15-16(23)22-17(25-15)19-9-20-22/h3-6,9-11,14,23H,7-8H2,1-2H3. The van der Waals surface area contributed by atoms with Crippen LogP contribution in [0.1, 0.15) is 30.3 Å². The Balaban J connectivity index is 1.85. The number of ether oxygens (including phenoxy) is 1. The molecule has 3 unspecified atom stereocenters. The van der Waals surface area contributed by atoms with E-state index in [1.807, 2.05) is 24.3 Å². The lowest BCUT2D eigenvalue weighted by atomic mass is 10.0. The van der Waals surface area contributed by atoms with Crippen LogP contribution in [-0.4, -0.2) is 49.9 Å². The molecule has 0 amide bonds. The van der Waals surface area contributed by atoms with Crippen molar-refractivity contribution in [2.45, 2.75) is 32.1 Å². The number of aromatic hydroxyl groups is 1. The topological polar surface area (TPSA) is 62.9 Å². The number of benzene rings is 1. The van der Waals surface area contributed by atoms with Crippen LogP contribution in [-0.2, 0) is 4.74 Å². The van der Waals surface area contributed by atoms with E-state index in [1.54, 1.807) is 0 Å². The SMILES string of the molecule is CC1CN(C(c2ccccc2Cl)c2sc3ncnn3c2O)CC(C)O1. The van der Waals surface area contributed by atoms with Gasteiger partial charge >= 0.3 is 0 Å². The molecule has 3 aromatic rings. The van der Waals surface area contributed by atoms with E-state index >= 15 is 0 Å². The third kappa shape index (κ3) is 3.01. The fourth-order valence-corrected chi connectivity index (χ4v) is 4.82. The molecule has 1 aliphatic rings. The van der Waals surface area contributed by atoms with Crippen LogP contribution in [0, 0.1) is 0 Å². The Morgan fingerprint density at radius 2 is 2.00 bits per heavy atom. The van der Waals surface area contributed by atoms with E-state index in [9.17, 15) is 5.11 Å². The van der Waals surface area contributed by atoms with E-state index in [-0.39, 0.29) is 24.1 Å². The third-order valence-electron chi connectivity index (χ3n) is 4.40. The first-order valence-corrected chi connectivity index (χ1v) is 9.39. The molecule has 1 saturated heterocycles. The normalized spacial score (nSPS) is 23.2. The number of morpholine rings is 1. The number of hydrogen-bond acceptors (Lipinski definition) is 6. The Morgan fingerprint density at radius 1 is 1.28 bits per heavy atom. The van der Waals surface area contributed by atoms with E-state index in [0.717, 1.165) is 23.5 Å². The molecule has 4 rings (SSSR count). The molecule has 25 heavy (non-hydrogen) atoms. The maximum atomic E-state index is 10.7. The van der Waals surface area contributed by atoms with Crippen LogP contribution in [0.5, 0.6) is 5.88 Å². The minimum absolute atomic E-state index is 0.109. The summed E-state index contributed by atoms with van der Waals surface area (Å²) in [6.45, 7) is 5.64. The predicted octanol–water partition coefficient (Wildman–Crippen LogP) is 3.35. The van der Waals surface area contributed by atoms with E-state index in [2.05, 4.69) is 28.8 Å². The highest BCUT2D eigenvalue weighted by Crippen LogP contribution is 2.42. The summed E-state index contributed by atoms with van der Waals surface area (Å²) in [7, 11) is 0. The minimum atomic E-state index is -0.170. The first kappa shape index (κ1) is 16.8. The highest BCUT2D eigenvalue weighted by molar-refractivity contribution is 7.17. The van der Waals surface area contributed by atoms with E-state index in [0.29, 0.717) is 9.98 Å². The third-order valence-corrected chi connectivity index (χ3v) is 5.83. The van der Waals surface area contributed by atoms with Gasteiger partial charge < -0.3 is 9.84 Å². The molecule has 0 bridgehead atoms. The molecule has 0 spiro atoms. The summed E-state index contributed by atoms with van der Waals surface area (Å²) in [5.74, 6) is 0.120. The molecule has 1 aromatic carbocycles. The zero-order chi connectivity index (χ0) is 17.6. The van der Waals surface area contributed by atoms with Gasteiger partial charge in [0.05, 0.1) is 23.1 Å². The van der Waals surface area contributed by atoms with E-state index in [1.165, 1.54) is 22.2 Å². The van der Waals surface area contributed by atoms with Gasteiger partial charge in [0.25, 0.3) is 0 Å². The number of hydrogen-bond donors (Lipinski definition) is 1. The quantitative estimate of drug-likeness (QED) is 0.757. The van der Waals surface area contributed by atoms with Gasteiger partial charge in [-0.3, -0.25) is 4.90 Å². The Bertz CT molecular complexity index is 886. The van der Waals surface area contributed by atoms with E-state index < -0.39 is 0 Å². The van der Waals surface area contributed by atoms with Crippen LogP contribution in [0.25, 0.3) is 4.96 Å². The molecule has 0 aliphatic carbocycles. The Labute approximate surface area is 154 Å². The van der Waals surface area contributed by atoms with E-state index in [4.69, 9.17) is 16.3 Å². The van der Waals surface area contributed by atoms with Crippen molar-refractivity contribution in [3.63, 3.8) is 0 Å². The Morgan fingerprint density at radius 3 is 2.68 bits per heavy atom. The van der Waals surface area contributed by atoms with Crippen molar-refractivity contribution in [3.8, 4) is 5.88 Å². The van der Waals surface area contributed by atoms with Crippen molar-refractivity contribution in [2.75, 3.05) is 13.1 Å². The van der Waals surface area contributed by atoms with Gasteiger partial charge in [-0.05, 0) is 25.5 Å². The van der Waals surface area contributed by atoms with Gasteiger partial charge in [-0.1, -0.05) is 41.1 Å². The first-order valence-electron chi connectivity index (χ1n) is 8.20. The van der Waals surface area contributed by atoms with Crippen molar-refractivity contribution in [3.05, 3.63) is 46.1 Å². The summed E-state index contributed by atoms with van der Waals surface area (Å²) in [6.07, 6.45) is 1.66. The highest BCUT2D eigenvalue weighted by Gasteiger charge is 2.34. The van der Waals surface area contributed by atoms with Crippen molar-refractivity contribution in [1.29, 1.82) is 0 Å². The average molecular weight is 379 g/mol. The van der Waals surface area contributed by atoms with Crippen LogP contribution in [0.2, 0.25) is 5.02 Å². The molecule has 3 atom stereocenters. The highest BCUT2D eigenvalue weighted by atomic mass is 35.5. The number of rotatable bonds is 3. The second kappa shape index (κ2) is 6.57. The maximum Gasteiger partial charge on any atom is 0.230 e. The molecule has 3 heterocycles. The Hall–Kier alpha value is -1.67. The molecular weight excluding hydrogens is 360 g/mol. The van der Waals surface area contributed by atoms with Crippen LogP contribution in [0.4, 0.5) is 0 Å². The van der Waals surface area contributed by atoms with Gasteiger partial charge in [0.15, 0.2) is 0 Å². The molecule has 1 N–H and O–H groups in total. The van der Waals surface area contributed by atoms with Gasteiger partial charge in [-0.15, -0.1) is 0 Å². The minimum Gasteiger partial charge on any atom is -0.492 e. The molecule has 0 saturated carbocycles. The summed E-state index contributed by atoms with van der Waals surface area (Å²) < 4.78 is 7.35. The van der Waals surface area contributed by atoms with Crippen LogP contribution in [0.15, 0.2) is 30.6 Å². The summed E-state index contributed by atoms with van der Waals surface area (Å²) in [6, 6.07) is 7.60. The molecule has 8 heteroatoms. The fraction of sp³-hybridized carbons (Fsp3) is 0.412.